The number of hydrogen-bond donors (Lipinski definition) is 2. The molecule has 23 heavy (non-hydrogen) atoms. The Labute approximate surface area is 136 Å². The van der Waals surface area contributed by atoms with Crippen LogP contribution in [-0.2, 0) is 6.54 Å². The smallest absolute Gasteiger partial charge is 0.270 e. The van der Waals surface area contributed by atoms with Crippen molar-refractivity contribution in [3.8, 4) is 0 Å². The fourth-order valence-corrected chi connectivity index (χ4v) is 2.91. The van der Waals surface area contributed by atoms with Crippen molar-refractivity contribution < 1.29 is 9.90 Å². The summed E-state index contributed by atoms with van der Waals surface area (Å²) in [5.74, 6) is 0.573. The average Bonchev–Trinajstić information content (AvgIpc) is 3.09. The Morgan fingerprint density at radius 3 is 2.83 bits per heavy atom. The van der Waals surface area contributed by atoms with Gasteiger partial charge in [-0.05, 0) is 30.5 Å². The molecule has 2 N–H and O–H groups in total. The van der Waals surface area contributed by atoms with Crippen molar-refractivity contribution in [1.29, 1.82) is 0 Å². The molecule has 5 nitrogen and oxygen atoms in total. The zero-order valence-electron chi connectivity index (χ0n) is 13.0. The van der Waals surface area contributed by atoms with Crippen molar-refractivity contribution in [2.45, 2.75) is 25.4 Å². The van der Waals surface area contributed by atoms with Gasteiger partial charge in [-0.3, -0.25) is 4.79 Å². The van der Waals surface area contributed by atoms with Crippen molar-refractivity contribution in [1.82, 2.24) is 10.3 Å². The lowest BCUT2D eigenvalue weighted by molar-refractivity contribution is 0.0946. The molecule has 2 aromatic rings. The Morgan fingerprint density at radius 2 is 2.04 bits per heavy atom. The van der Waals surface area contributed by atoms with Crippen LogP contribution in [-0.4, -0.2) is 35.2 Å². The van der Waals surface area contributed by atoms with E-state index in [2.05, 4.69) is 15.2 Å². The van der Waals surface area contributed by atoms with Crippen LogP contribution in [0.25, 0.3) is 0 Å². The molecule has 5 heteroatoms. The van der Waals surface area contributed by atoms with Crippen molar-refractivity contribution >= 4 is 11.7 Å². The van der Waals surface area contributed by atoms with E-state index in [1.807, 2.05) is 42.5 Å². The van der Waals surface area contributed by atoms with E-state index in [0.717, 1.165) is 30.8 Å². The van der Waals surface area contributed by atoms with Crippen molar-refractivity contribution in [2.24, 2.45) is 0 Å². The fraction of sp³-hybridized carbons (Fsp3) is 0.333. The number of aliphatic hydroxyl groups excluding tert-OH is 1. The second-order valence-corrected chi connectivity index (χ2v) is 5.72. The average molecular weight is 311 g/mol. The largest absolute Gasteiger partial charge is 0.394 e. The maximum atomic E-state index is 12.3. The van der Waals surface area contributed by atoms with Crippen LogP contribution in [0.4, 0.5) is 5.82 Å². The number of rotatable bonds is 5. The summed E-state index contributed by atoms with van der Waals surface area (Å²) in [5.41, 5.74) is 1.46. The Bertz CT molecular complexity index is 660. The molecule has 0 aliphatic carbocycles. The number of hydrogen-bond acceptors (Lipinski definition) is 4. The van der Waals surface area contributed by atoms with Crippen LogP contribution < -0.4 is 10.2 Å². The van der Waals surface area contributed by atoms with Crippen molar-refractivity contribution in [3.63, 3.8) is 0 Å². The first kappa shape index (κ1) is 15.5. The Morgan fingerprint density at radius 1 is 1.22 bits per heavy atom. The van der Waals surface area contributed by atoms with Crippen LogP contribution in [0.2, 0.25) is 0 Å². The normalized spacial score (nSPS) is 17.3. The minimum absolute atomic E-state index is 0.102. The highest BCUT2D eigenvalue weighted by atomic mass is 16.3. The molecular weight excluding hydrogens is 290 g/mol. The van der Waals surface area contributed by atoms with Crippen LogP contribution in [0, 0.1) is 0 Å². The van der Waals surface area contributed by atoms with Gasteiger partial charge in [-0.1, -0.05) is 36.4 Å². The van der Waals surface area contributed by atoms with Gasteiger partial charge in [0.1, 0.15) is 11.5 Å². The molecule has 1 aliphatic rings. The molecule has 0 saturated carbocycles. The summed E-state index contributed by atoms with van der Waals surface area (Å²) in [7, 11) is 0. The highest BCUT2D eigenvalue weighted by molar-refractivity contribution is 5.92. The summed E-state index contributed by atoms with van der Waals surface area (Å²) in [4.78, 5) is 18.8. The first-order chi connectivity index (χ1) is 11.3. The second kappa shape index (κ2) is 7.24. The molecule has 1 saturated heterocycles. The number of aromatic nitrogens is 1. The molecular formula is C18H21N3O2. The number of pyridine rings is 1. The molecule has 0 bridgehead atoms. The van der Waals surface area contributed by atoms with Gasteiger partial charge >= 0.3 is 0 Å². The predicted molar refractivity (Wildman–Crippen MR) is 89.3 cm³/mol. The summed E-state index contributed by atoms with van der Waals surface area (Å²) in [6.45, 7) is 1.47. The summed E-state index contributed by atoms with van der Waals surface area (Å²) in [6.07, 6.45) is 2.00. The Kier molecular flexibility index (Phi) is 4.88. The lowest BCUT2D eigenvalue weighted by Gasteiger charge is -2.24. The number of nitrogens with zero attached hydrogens (tertiary/aromatic N) is 2. The first-order valence-corrected chi connectivity index (χ1v) is 7.94. The Balaban J connectivity index is 1.68. The maximum Gasteiger partial charge on any atom is 0.270 e. The highest BCUT2D eigenvalue weighted by Crippen LogP contribution is 2.23. The monoisotopic (exact) mass is 311 g/mol. The zero-order chi connectivity index (χ0) is 16.1. The standard InChI is InChI=1S/C18H21N3O2/c22-13-15-8-5-11-21(15)17-10-4-9-16(20-17)18(23)19-12-14-6-2-1-3-7-14/h1-4,6-7,9-10,15,22H,5,8,11-13H2,(H,19,23). The van der Waals surface area contributed by atoms with Crippen LogP contribution in [0.15, 0.2) is 48.5 Å². The first-order valence-electron chi connectivity index (χ1n) is 7.94. The number of amides is 1. The molecule has 120 valence electrons. The van der Waals surface area contributed by atoms with E-state index in [1.54, 1.807) is 6.07 Å². The predicted octanol–water partition coefficient (Wildman–Crippen LogP) is 1.97. The third-order valence-electron chi connectivity index (χ3n) is 4.15. The van der Waals surface area contributed by atoms with Crippen LogP contribution in [0.3, 0.4) is 0 Å². The third-order valence-corrected chi connectivity index (χ3v) is 4.15. The molecule has 1 aromatic carbocycles. The molecule has 0 spiro atoms. The summed E-state index contributed by atoms with van der Waals surface area (Å²) in [5, 5.41) is 12.3. The molecule has 1 amide bonds. The summed E-state index contributed by atoms with van der Waals surface area (Å²) >= 11 is 0. The van der Waals surface area contributed by atoms with Gasteiger partial charge in [0, 0.05) is 13.1 Å². The number of carbonyl (C=O) groups excluding carboxylic acids is 1. The SMILES string of the molecule is O=C(NCc1ccccc1)c1cccc(N2CCCC2CO)n1. The second-order valence-electron chi connectivity index (χ2n) is 5.72. The van der Waals surface area contributed by atoms with Crippen molar-refractivity contribution in [3.05, 3.63) is 59.8 Å². The van der Waals surface area contributed by atoms with E-state index >= 15 is 0 Å². The molecule has 3 rings (SSSR count). The van der Waals surface area contributed by atoms with Gasteiger partial charge in [0.2, 0.25) is 0 Å². The molecule has 1 aliphatic heterocycles. The van der Waals surface area contributed by atoms with Gasteiger partial charge in [-0.15, -0.1) is 0 Å². The molecule has 2 heterocycles. The van der Waals surface area contributed by atoms with E-state index in [0.29, 0.717) is 12.2 Å². The van der Waals surface area contributed by atoms with Gasteiger partial charge in [0.25, 0.3) is 5.91 Å². The summed E-state index contributed by atoms with van der Waals surface area (Å²) in [6, 6.07) is 15.3. The fourth-order valence-electron chi connectivity index (χ4n) is 2.91. The van der Waals surface area contributed by atoms with Gasteiger partial charge < -0.3 is 15.3 Å². The van der Waals surface area contributed by atoms with Crippen LogP contribution in [0.5, 0.6) is 0 Å². The van der Waals surface area contributed by atoms with E-state index in [4.69, 9.17) is 0 Å². The molecule has 1 fully saturated rings. The number of benzene rings is 1. The van der Waals surface area contributed by atoms with Gasteiger partial charge in [-0.2, -0.15) is 0 Å². The minimum Gasteiger partial charge on any atom is -0.394 e. The third kappa shape index (κ3) is 3.68. The molecule has 1 unspecified atom stereocenters. The van der Waals surface area contributed by atoms with Crippen LogP contribution >= 0.6 is 0 Å². The van der Waals surface area contributed by atoms with E-state index in [-0.39, 0.29) is 18.6 Å². The topological polar surface area (TPSA) is 65.5 Å². The van der Waals surface area contributed by atoms with Gasteiger partial charge in [-0.25, -0.2) is 4.98 Å². The quantitative estimate of drug-likeness (QED) is 0.886. The van der Waals surface area contributed by atoms with E-state index in [1.165, 1.54) is 0 Å². The van der Waals surface area contributed by atoms with Gasteiger partial charge in [0.05, 0.1) is 12.6 Å². The lowest BCUT2D eigenvalue weighted by atomic mass is 10.2. The van der Waals surface area contributed by atoms with Gasteiger partial charge in [0.15, 0.2) is 0 Å². The Hall–Kier alpha value is -2.40. The maximum absolute atomic E-state index is 12.3. The molecule has 1 aromatic heterocycles. The summed E-state index contributed by atoms with van der Waals surface area (Å²) < 4.78 is 0. The van der Waals surface area contributed by atoms with Crippen molar-refractivity contribution in [2.75, 3.05) is 18.1 Å². The highest BCUT2D eigenvalue weighted by Gasteiger charge is 2.25. The minimum atomic E-state index is -0.185. The number of nitrogens with one attached hydrogen (secondary N) is 1. The molecule has 1 atom stereocenters. The number of aliphatic hydroxyl groups is 1. The molecule has 0 radical (unpaired) electrons. The van der Waals surface area contributed by atoms with E-state index in [9.17, 15) is 9.90 Å². The number of carbonyl (C=O) groups is 1. The van der Waals surface area contributed by atoms with E-state index < -0.39 is 0 Å². The van der Waals surface area contributed by atoms with Crippen LogP contribution in [0.1, 0.15) is 28.9 Å². The number of anilines is 1. The lowest BCUT2D eigenvalue weighted by Crippen LogP contribution is -2.33. The zero-order valence-corrected chi connectivity index (χ0v) is 13.0.